The minimum atomic E-state index is 0.301. The number of piperidine rings is 2. The number of anilines is 1. The maximum Gasteiger partial charge on any atom is 0.143 e. The first-order chi connectivity index (χ1) is 11.1. The summed E-state index contributed by atoms with van der Waals surface area (Å²) in [6.07, 6.45) is 7.82. The lowest BCUT2D eigenvalue weighted by molar-refractivity contribution is 0.216. The number of benzene rings is 1. The van der Waals surface area contributed by atoms with Crippen molar-refractivity contribution >= 4 is 5.69 Å². The smallest absolute Gasteiger partial charge is 0.143 e. The van der Waals surface area contributed by atoms with E-state index in [1.165, 1.54) is 57.2 Å². The van der Waals surface area contributed by atoms with Crippen LogP contribution in [0.2, 0.25) is 0 Å². The Balaban J connectivity index is 1.78. The molecular weight excluding hydrogens is 286 g/mol. The number of phenols is 1. The van der Waals surface area contributed by atoms with Crippen molar-refractivity contribution in [2.24, 2.45) is 0 Å². The highest BCUT2D eigenvalue weighted by Crippen LogP contribution is 2.33. The first-order valence-corrected chi connectivity index (χ1v) is 9.19. The monoisotopic (exact) mass is 317 g/mol. The van der Waals surface area contributed by atoms with Crippen LogP contribution in [0.3, 0.4) is 0 Å². The maximum atomic E-state index is 10.5. The number of hydrogen-bond donors (Lipinski definition) is 2. The number of likely N-dealkylation sites (tertiary alicyclic amines) is 2. The number of nitrogens with two attached hydrogens (primary N) is 1. The zero-order valence-corrected chi connectivity index (χ0v) is 14.5. The van der Waals surface area contributed by atoms with E-state index in [2.05, 4.69) is 15.9 Å². The Morgan fingerprint density at radius 1 is 0.870 bits per heavy atom. The minimum Gasteiger partial charge on any atom is -0.505 e. The zero-order valence-electron chi connectivity index (χ0n) is 14.5. The van der Waals surface area contributed by atoms with Gasteiger partial charge in [-0.05, 0) is 76.0 Å². The van der Waals surface area contributed by atoms with Crippen molar-refractivity contribution in [3.8, 4) is 5.75 Å². The van der Waals surface area contributed by atoms with Gasteiger partial charge in [0.25, 0.3) is 0 Å². The molecule has 3 rings (SSSR count). The number of nitrogen functional groups attached to an aromatic ring is 1. The second kappa shape index (κ2) is 7.54. The summed E-state index contributed by atoms with van der Waals surface area (Å²) in [4.78, 5) is 4.96. The molecule has 128 valence electrons. The summed E-state index contributed by atoms with van der Waals surface area (Å²) in [7, 11) is 0. The molecule has 0 spiro atoms. The largest absolute Gasteiger partial charge is 0.505 e. The van der Waals surface area contributed by atoms with E-state index in [4.69, 9.17) is 5.73 Å². The molecule has 2 saturated heterocycles. The number of phenolic OH excluding ortho intramolecular Hbond substituents is 1. The predicted molar refractivity (Wildman–Crippen MR) is 95.5 cm³/mol. The fourth-order valence-corrected chi connectivity index (χ4v) is 3.91. The molecule has 0 amide bonds. The van der Waals surface area contributed by atoms with Crippen molar-refractivity contribution in [2.45, 2.75) is 58.5 Å². The fraction of sp³-hybridized carbons (Fsp3) is 0.684. The molecule has 2 aliphatic heterocycles. The number of rotatable bonds is 4. The molecule has 2 heterocycles. The SMILES string of the molecule is Cc1c(CN2CCCCC2)cc(CN2CCCCC2)c(O)c1N. The van der Waals surface area contributed by atoms with Crippen LogP contribution in [0, 0.1) is 6.92 Å². The Kier molecular flexibility index (Phi) is 5.44. The summed E-state index contributed by atoms with van der Waals surface area (Å²) in [6.45, 7) is 8.46. The average molecular weight is 317 g/mol. The Bertz CT molecular complexity index is 488. The van der Waals surface area contributed by atoms with Crippen molar-refractivity contribution in [1.82, 2.24) is 9.80 Å². The van der Waals surface area contributed by atoms with Gasteiger partial charge in [-0.3, -0.25) is 9.80 Å². The van der Waals surface area contributed by atoms with Gasteiger partial charge in [0.15, 0.2) is 0 Å². The molecule has 1 aromatic rings. The molecule has 0 saturated carbocycles. The molecule has 0 radical (unpaired) electrons. The van der Waals surface area contributed by atoms with Gasteiger partial charge in [0.1, 0.15) is 5.75 Å². The standard InChI is InChI=1S/C19H31N3O/c1-15-16(13-21-8-4-2-5-9-21)12-17(19(23)18(15)20)14-22-10-6-3-7-11-22/h12,23H,2-11,13-14,20H2,1H3. The van der Waals surface area contributed by atoms with E-state index >= 15 is 0 Å². The summed E-state index contributed by atoms with van der Waals surface area (Å²) < 4.78 is 0. The van der Waals surface area contributed by atoms with Crippen LogP contribution in [-0.4, -0.2) is 41.1 Å². The third kappa shape index (κ3) is 3.99. The summed E-state index contributed by atoms with van der Waals surface area (Å²) >= 11 is 0. The molecule has 0 unspecified atom stereocenters. The van der Waals surface area contributed by atoms with Gasteiger partial charge in [0, 0.05) is 18.7 Å². The van der Waals surface area contributed by atoms with E-state index in [-0.39, 0.29) is 0 Å². The molecule has 4 nitrogen and oxygen atoms in total. The van der Waals surface area contributed by atoms with Crippen molar-refractivity contribution in [3.63, 3.8) is 0 Å². The Hall–Kier alpha value is -1.26. The molecule has 1 aromatic carbocycles. The van der Waals surface area contributed by atoms with Crippen LogP contribution in [-0.2, 0) is 13.1 Å². The lowest BCUT2D eigenvalue weighted by atomic mass is 9.99. The Morgan fingerprint density at radius 3 is 1.87 bits per heavy atom. The van der Waals surface area contributed by atoms with Gasteiger partial charge in [-0.25, -0.2) is 0 Å². The first kappa shape index (κ1) is 16.6. The molecule has 0 atom stereocenters. The maximum absolute atomic E-state index is 10.5. The molecular formula is C19H31N3O. The van der Waals surface area contributed by atoms with Crippen LogP contribution in [0.5, 0.6) is 5.75 Å². The lowest BCUT2D eigenvalue weighted by Crippen LogP contribution is -2.30. The van der Waals surface area contributed by atoms with E-state index in [0.717, 1.165) is 37.3 Å². The second-order valence-electron chi connectivity index (χ2n) is 7.26. The number of hydrogen-bond acceptors (Lipinski definition) is 4. The topological polar surface area (TPSA) is 52.7 Å². The van der Waals surface area contributed by atoms with Crippen molar-refractivity contribution < 1.29 is 5.11 Å². The summed E-state index contributed by atoms with van der Waals surface area (Å²) in [5.74, 6) is 0.301. The molecule has 3 N–H and O–H groups in total. The number of nitrogens with zero attached hydrogens (tertiary/aromatic N) is 2. The molecule has 0 aromatic heterocycles. The summed E-state index contributed by atoms with van der Waals surface area (Å²) in [5.41, 5.74) is 10.1. The highest BCUT2D eigenvalue weighted by atomic mass is 16.3. The van der Waals surface area contributed by atoms with Crippen LogP contribution in [0.4, 0.5) is 5.69 Å². The van der Waals surface area contributed by atoms with Crippen LogP contribution < -0.4 is 5.73 Å². The Morgan fingerprint density at radius 2 is 1.35 bits per heavy atom. The second-order valence-corrected chi connectivity index (χ2v) is 7.26. The van der Waals surface area contributed by atoms with Gasteiger partial charge >= 0.3 is 0 Å². The summed E-state index contributed by atoms with van der Waals surface area (Å²) in [6, 6.07) is 2.20. The molecule has 23 heavy (non-hydrogen) atoms. The third-order valence-electron chi connectivity index (χ3n) is 5.48. The highest BCUT2D eigenvalue weighted by molar-refractivity contribution is 5.63. The van der Waals surface area contributed by atoms with Crippen molar-refractivity contribution in [1.29, 1.82) is 0 Å². The van der Waals surface area contributed by atoms with Gasteiger partial charge in [-0.2, -0.15) is 0 Å². The quantitative estimate of drug-likeness (QED) is 0.661. The predicted octanol–water partition coefficient (Wildman–Crippen LogP) is 3.25. The molecule has 2 fully saturated rings. The van der Waals surface area contributed by atoms with E-state index in [1.807, 2.05) is 6.92 Å². The fourth-order valence-electron chi connectivity index (χ4n) is 3.91. The van der Waals surface area contributed by atoms with E-state index in [9.17, 15) is 5.11 Å². The molecule has 0 aliphatic carbocycles. The van der Waals surface area contributed by atoms with Gasteiger partial charge in [0.2, 0.25) is 0 Å². The van der Waals surface area contributed by atoms with Crippen molar-refractivity contribution in [3.05, 3.63) is 22.8 Å². The van der Waals surface area contributed by atoms with Crippen LogP contribution in [0.25, 0.3) is 0 Å². The van der Waals surface area contributed by atoms with Gasteiger partial charge in [0.05, 0.1) is 5.69 Å². The first-order valence-electron chi connectivity index (χ1n) is 9.19. The normalized spacial score (nSPS) is 20.7. The summed E-state index contributed by atoms with van der Waals surface area (Å²) in [5, 5.41) is 10.5. The van der Waals surface area contributed by atoms with E-state index in [0.29, 0.717) is 11.4 Å². The molecule has 2 aliphatic rings. The minimum absolute atomic E-state index is 0.301. The van der Waals surface area contributed by atoms with Gasteiger partial charge in [-0.15, -0.1) is 0 Å². The lowest BCUT2D eigenvalue weighted by Gasteiger charge is -2.29. The average Bonchev–Trinajstić information content (AvgIpc) is 2.59. The van der Waals surface area contributed by atoms with Gasteiger partial charge < -0.3 is 10.8 Å². The zero-order chi connectivity index (χ0) is 16.2. The molecule has 0 bridgehead atoms. The molecule has 4 heteroatoms. The van der Waals surface area contributed by atoms with Gasteiger partial charge in [-0.1, -0.05) is 12.8 Å². The highest BCUT2D eigenvalue weighted by Gasteiger charge is 2.19. The number of aromatic hydroxyl groups is 1. The third-order valence-corrected chi connectivity index (χ3v) is 5.48. The Labute approximate surface area is 140 Å². The van der Waals surface area contributed by atoms with E-state index in [1.54, 1.807) is 0 Å². The van der Waals surface area contributed by atoms with Crippen molar-refractivity contribution in [2.75, 3.05) is 31.9 Å². The van der Waals surface area contributed by atoms with Crippen LogP contribution >= 0.6 is 0 Å². The van der Waals surface area contributed by atoms with E-state index < -0.39 is 0 Å². The van der Waals surface area contributed by atoms with Crippen LogP contribution in [0.15, 0.2) is 6.07 Å². The van der Waals surface area contributed by atoms with Crippen LogP contribution in [0.1, 0.15) is 55.2 Å².